The van der Waals surface area contributed by atoms with E-state index in [4.69, 9.17) is 9.47 Å². The van der Waals surface area contributed by atoms with Crippen LogP contribution in [0.1, 0.15) is 37.4 Å². The Morgan fingerprint density at radius 3 is 2.61 bits per heavy atom. The first-order valence-corrected chi connectivity index (χ1v) is 6.17. The summed E-state index contributed by atoms with van der Waals surface area (Å²) in [5.41, 5.74) is 0.234. The first-order valence-electron chi connectivity index (χ1n) is 6.17. The fraction of sp³-hybridized carbons (Fsp3) is 0.571. The molecule has 18 heavy (non-hydrogen) atoms. The van der Waals surface area contributed by atoms with Crippen molar-refractivity contribution in [1.82, 2.24) is 0 Å². The monoisotopic (exact) mass is 254 g/mol. The molecule has 0 heterocycles. The van der Waals surface area contributed by atoms with Crippen LogP contribution in [0.15, 0.2) is 18.2 Å². The van der Waals surface area contributed by atoms with Crippen molar-refractivity contribution in [3.63, 3.8) is 0 Å². The third kappa shape index (κ3) is 2.49. The highest BCUT2D eigenvalue weighted by Crippen LogP contribution is 2.43. The number of methoxy groups -OCH3 is 2. The first kappa shape index (κ1) is 13.3. The number of hydrogen-bond acceptors (Lipinski definition) is 3. The van der Waals surface area contributed by atoms with Crippen molar-refractivity contribution in [2.45, 2.75) is 37.4 Å². The molecule has 1 N–H and O–H groups in total. The van der Waals surface area contributed by atoms with Crippen LogP contribution in [0.4, 0.5) is 4.39 Å². The minimum absolute atomic E-state index is 0.253. The first-order chi connectivity index (χ1) is 8.60. The average Bonchev–Trinajstić information content (AvgIpc) is 2.33. The summed E-state index contributed by atoms with van der Waals surface area (Å²) in [4.78, 5) is 0. The lowest BCUT2D eigenvalue weighted by atomic mass is 9.75. The lowest BCUT2D eigenvalue weighted by Crippen LogP contribution is -2.40. The summed E-state index contributed by atoms with van der Waals surface area (Å²) in [5, 5.41) is 10.3. The highest BCUT2D eigenvalue weighted by molar-refractivity contribution is 5.36. The van der Waals surface area contributed by atoms with Gasteiger partial charge in [0, 0.05) is 19.1 Å². The normalized spacial score (nSPS) is 19.1. The van der Waals surface area contributed by atoms with Crippen molar-refractivity contribution in [2.75, 3.05) is 14.2 Å². The van der Waals surface area contributed by atoms with Crippen LogP contribution in [0.3, 0.4) is 0 Å². The smallest absolute Gasteiger partial charge is 0.124 e. The number of aliphatic hydroxyl groups excluding tert-OH is 1. The maximum Gasteiger partial charge on any atom is 0.124 e. The quantitative estimate of drug-likeness (QED) is 0.878. The van der Waals surface area contributed by atoms with Gasteiger partial charge in [-0.05, 0) is 37.5 Å². The molecule has 1 unspecified atom stereocenters. The SMILES string of the molecule is COc1ccc(F)cc1C(O)CC1(OC)CCC1. The molecule has 3 nitrogen and oxygen atoms in total. The number of aliphatic hydroxyl groups is 1. The summed E-state index contributed by atoms with van der Waals surface area (Å²) in [5.74, 6) is 0.138. The standard InChI is InChI=1S/C14H19FO3/c1-17-13-5-4-10(15)8-11(13)12(16)9-14(18-2)6-3-7-14/h4-5,8,12,16H,3,6-7,9H2,1-2H3. The largest absolute Gasteiger partial charge is 0.496 e. The van der Waals surface area contributed by atoms with Crippen molar-refractivity contribution in [2.24, 2.45) is 0 Å². The fourth-order valence-corrected chi connectivity index (χ4v) is 2.49. The molecule has 1 saturated carbocycles. The Morgan fingerprint density at radius 2 is 2.11 bits per heavy atom. The van der Waals surface area contributed by atoms with Crippen LogP contribution in [0.5, 0.6) is 5.75 Å². The van der Waals surface area contributed by atoms with Crippen LogP contribution >= 0.6 is 0 Å². The molecule has 1 fully saturated rings. The third-order valence-corrected chi connectivity index (χ3v) is 3.81. The summed E-state index contributed by atoms with van der Waals surface area (Å²) < 4.78 is 23.9. The fourth-order valence-electron chi connectivity index (χ4n) is 2.49. The highest BCUT2D eigenvalue weighted by atomic mass is 19.1. The van der Waals surface area contributed by atoms with E-state index in [-0.39, 0.29) is 11.4 Å². The molecule has 0 aliphatic heterocycles. The summed E-state index contributed by atoms with van der Waals surface area (Å²) >= 11 is 0. The van der Waals surface area contributed by atoms with Gasteiger partial charge in [0.2, 0.25) is 0 Å². The zero-order valence-electron chi connectivity index (χ0n) is 10.8. The highest BCUT2D eigenvalue weighted by Gasteiger charge is 2.39. The van der Waals surface area contributed by atoms with Crippen LogP contribution in [0, 0.1) is 5.82 Å². The molecule has 0 saturated heterocycles. The number of hydrogen-bond donors (Lipinski definition) is 1. The molecular formula is C14H19FO3. The zero-order chi connectivity index (χ0) is 13.2. The number of benzene rings is 1. The van der Waals surface area contributed by atoms with Gasteiger partial charge in [-0.25, -0.2) is 4.39 Å². The summed E-state index contributed by atoms with van der Waals surface area (Å²) in [6.45, 7) is 0. The average molecular weight is 254 g/mol. The Kier molecular flexibility index (Phi) is 3.88. The van der Waals surface area contributed by atoms with Crippen LogP contribution in [-0.4, -0.2) is 24.9 Å². The number of rotatable bonds is 5. The molecule has 1 aromatic rings. The molecule has 0 amide bonds. The lowest BCUT2D eigenvalue weighted by Gasteiger charge is -2.42. The molecule has 0 aromatic heterocycles. The third-order valence-electron chi connectivity index (χ3n) is 3.81. The van der Waals surface area contributed by atoms with Crippen molar-refractivity contribution in [3.05, 3.63) is 29.6 Å². The van der Waals surface area contributed by atoms with E-state index in [1.165, 1.54) is 25.3 Å². The topological polar surface area (TPSA) is 38.7 Å². The van der Waals surface area contributed by atoms with E-state index in [0.29, 0.717) is 17.7 Å². The Balaban J connectivity index is 2.17. The maximum atomic E-state index is 13.3. The second-order valence-corrected chi connectivity index (χ2v) is 4.85. The predicted octanol–water partition coefficient (Wildman–Crippen LogP) is 2.83. The Bertz CT molecular complexity index is 410. The Morgan fingerprint density at radius 1 is 1.39 bits per heavy atom. The summed E-state index contributed by atoms with van der Waals surface area (Å²) in [6.07, 6.45) is 2.71. The van der Waals surface area contributed by atoms with Crippen LogP contribution < -0.4 is 4.74 Å². The lowest BCUT2D eigenvalue weighted by molar-refractivity contribution is -0.100. The van der Waals surface area contributed by atoms with E-state index in [0.717, 1.165) is 19.3 Å². The molecule has 0 bridgehead atoms. The van der Waals surface area contributed by atoms with Gasteiger partial charge in [-0.1, -0.05) is 0 Å². The Labute approximate surface area is 107 Å². The minimum atomic E-state index is -0.768. The molecule has 2 rings (SSSR count). The van der Waals surface area contributed by atoms with Gasteiger partial charge < -0.3 is 14.6 Å². The van der Waals surface area contributed by atoms with Gasteiger partial charge in [-0.15, -0.1) is 0 Å². The molecule has 4 heteroatoms. The maximum absolute atomic E-state index is 13.3. The van der Waals surface area contributed by atoms with E-state index in [1.54, 1.807) is 7.11 Å². The van der Waals surface area contributed by atoms with Gasteiger partial charge in [0.1, 0.15) is 11.6 Å². The van der Waals surface area contributed by atoms with Crippen molar-refractivity contribution < 1.29 is 19.0 Å². The summed E-state index contributed by atoms with van der Waals surface area (Å²) in [6, 6.07) is 4.18. The Hall–Kier alpha value is -1.13. The van der Waals surface area contributed by atoms with E-state index in [9.17, 15) is 9.50 Å². The second kappa shape index (κ2) is 5.24. The van der Waals surface area contributed by atoms with Gasteiger partial charge in [-0.3, -0.25) is 0 Å². The van der Waals surface area contributed by atoms with Crippen LogP contribution in [0.2, 0.25) is 0 Å². The van der Waals surface area contributed by atoms with Crippen molar-refractivity contribution in [1.29, 1.82) is 0 Å². The second-order valence-electron chi connectivity index (χ2n) is 4.85. The van der Waals surface area contributed by atoms with Crippen molar-refractivity contribution in [3.8, 4) is 5.75 Å². The minimum Gasteiger partial charge on any atom is -0.496 e. The van der Waals surface area contributed by atoms with Crippen molar-refractivity contribution >= 4 is 0 Å². The van der Waals surface area contributed by atoms with Gasteiger partial charge in [0.25, 0.3) is 0 Å². The number of ether oxygens (including phenoxy) is 2. The molecule has 1 aromatic carbocycles. The molecule has 1 atom stereocenters. The molecule has 0 radical (unpaired) electrons. The summed E-state index contributed by atoms with van der Waals surface area (Å²) in [7, 11) is 3.17. The molecule has 100 valence electrons. The van der Waals surface area contributed by atoms with E-state index in [1.807, 2.05) is 0 Å². The van der Waals surface area contributed by atoms with E-state index < -0.39 is 6.10 Å². The predicted molar refractivity (Wildman–Crippen MR) is 66.1 cm³/mol. The molecule has 1 aliphatic rings. The molecule has 0 spiro atoms. The van der Waals surface area contributed by atoms with Crippen LogP contribution in [0.25, 0.3) is 0 Å². The van der Waals surface area contributed by atoms with Gasteiger partial charge in [-0.2, -0.15) is 0 Å². The molecule has 1 aliphatic carbocycles. The van der Waals surface area contributed by atoms with Gasteiger partial charge >= 0.3 is 0 Å². The van der Waals surface area contributed by atoms with Gasteiger partial charge in [0.05, 0.1) is 18.8 Å². The zero-order valence-corrected chi connectivity index (χ0v) is 10.8. The molecular weight excluding hydrogens is 235 g/mol. The van der Waals surface area contributed by atoms with E-state index in [2.05, 4.69) is 0 Å². The van der Waals surface area contributed by atoms with Gasteiger partial charge in [0.15, 0.2) is 0 Å². The number of halogens is 1. The van der Waals surface area contributed by atoms with E-state index >= 15 is 0 Å². The van der Waals surface area contributed by atoms with Crippen LogP contribution in [-0.2, 0) is 4.74 Å².